The Bertz CT molecular complexity index is 149. The molecule has 12 heavy (non-hydrogen) atoms. The molecule has 0 spiro atoms. The number of carbonyl (C=O) groups is 1. The molecule has 0 rings (SSSR count). The van der Waals surface area contributed by atoms with Crippen LogP contribution in [-0.4, -0.2) is 18.5 Å². The van der Waals surface area contributed by atoms with Gasteiger partial charge in [0.2, 0.25) is 5.91 Å². The molecule has 0 bridgehead atoms. The summed E-state index contributed by atoms with van der Waals surface area (Å²) in [6, 6.07) is -0.225. The van der Waals surface area contributed by atoms with Gasteiger partial charge in [-0.2, -0.15) is 0 Å². The Kier molecular flexibility index (Phi) is 4.24. The van der Waals surface area contributed by atoms with E-state index in [0.29, 0.717) is 0 Å². The van der Waals surface area contributed by atoms with Crippen LogP contribution in [0.2, 0.25) is 0 Å². The number of hydrogen-bond donors (Lipinski definition) is 2. The van der Waals surface area contributed by atoms with E-state index in [-0.39, 0.29) is 17.4 Å². The van der Waals surface area contributed by atoms with Crippen LogP contribution in [0.3, 0.4) is 0 Å². The van der Waals surface area contributed by atoms with E-state index in [0.717, 1.165) is 13.0 Å². The first-order valence-electron chi connectivity index (χ1n) is 4.42. The van der Waals surface area contributed by atoms with Crippen LogP contribution >= 0.6 is 0 Å². The first-order valence-corrected chi connectivity index (χ1v) is 4.42. The van der Waals surface area contributed by atoms with Gasteiger partial charge in [-0.1, -0.05) is 27.7 Å². The summed E-state index contributed by atoms with van der Waals surface area (Å²) in [6.45, 7) is 8.92. The van der Waals surface area contributed by atoms with Gasteiger partial charge in [0, 0.05) is 0 Å². The van der Waals surface area contributed by atoms with E-state index in [9.17, 15) is 4.79 Å². The highest BCUT2D eigenvalue weighted by molar-refractivity contribution is 5.80. The number of amides is 1. The molecule has 0 saturated heterocycles. The predicted octanol–water partition coefficient (Wildman–Crippen LogP) is 0.886. The van der Waals surface area contributed by atoms with Crippen LogP contribution in [0.4, 0.5) is 0 Å². The van der Waals surface area contributed by atoms with Gasteiger partial charge in [0.15, 0.2) is 0 Å². The second-order valence-electron chi connectivity index (χ2n) is 4.16. The number of carbonyl (C=O) groups excluding carboxylic acids is 1. The minimum absolute atomic E-state index is 0.0962. The monoisotopic (exact) mass is 172 g/mol. The zero-order chi connectivity index (χ0) is 9.78. The lowest BCUT2D eigenvalue weighted by Crippen LogP contribution is -2.49. The lowest BCUT2D eigenvalue weighted by molar-refractivity contribution is -0.122. The molecule has 3 heteroatoms. The summed E-state index contributed by atoms with van der Waals surface area (Å²) < 4.78 is 0. The maximum atomic E-state index is 11.0. The highest BCUT2D eigenvalue weighted by Crippen LogP contribution is 2.18. The van der Waals surface area contributed by atoms with Crippen molar-refractivity contribution in [1.82, 2.24) is 5.32 Å². The summed E-state index contributed by atoms with van der Waals surface area (Å²) >= 11 is 0. The van der Waals surface area contributed by atoms with Crippen molar-refractivity contribution < 1.29 is 4.79 Å². The summed E-state index contributed by atoms with van der Waals surface area (Å²) in [5.74, 6) is -0.268. The van der Waals surface area contributed by atoms with Gasteiger partial charge < -0.3 is 11.1 Å². The van der Waals surface area contributed by atoms with Gasteiger partial charge in [-0.15, -0.1) is 0 Å². The molecule has 0 aliphatic heterocycles. The fourth-order valence-corrected chi connectivity index (χ4v) is 1.12. The van der Waals surface area contributed by atoms with E-state index in [2.05, 4.69) is 12.2 Å². The van der Waals surface area contributed by atoms with E-state index < -0.39 is 0 Å². The van der Waals surface area contributed by atoms with Crippen LogP contribution in [0.5, 0.6) is 0 Å². The van der Waals surface area contributed by atoms with Crippen molar-refractivity contribution in [3.63, 3.8) is 0 Å². The standard InChI is InChI=1S/C9H20N2O/c1-5-6-11-7(8(10)12)9(2,3)4/h7,11H,5-6H2,1-4H3,(H2,10,12). The van der Waals surface area contributed by atoms with Crippen LogP contribution < -0.4 is 11.1 Å². The Morgan fingerprint density at radius 2 is 2.00 bits per heavy atom. The van der Waals surface area contributed by atoms with Crippen molar-refractivity contribution in [3.05, 3.63) is 0 Å². The van der Waals surface area contributed by atoms with Crippen molar-refractivity contribution in [2.45, 2.75) is 40.2 Å². The van der Waals surface area contributed by atoms with Gasteiger partial charge in [-0.3, -0.25) is 4.79 Å². The predicted molar refractivity (Wildman–Crippen MR) is 50.7 cm³/mol. The van der Waals surface area contributed by atoms with E-state index in [1.807, 2.05) is 20.8 Å². The third kappa shape index (κ3) is 3.72. The quantitative estimate of drug-likeness (QED) is 0.661. The molecule has 3 N–H and O–H groups in total. The molecule has 0 saturated carbocycles. The van der Waals surface area contributed by atoms with E-state index in [1.54, 1.807) is 0 Å². The zero-order valence-corrected chi connectivity index (χ0v) is 8.48. The molecule has 0 aromatic rings. The lowest BCUT2D eigenvalue weighted by atomic mass is 9.86. The molecule has 72 valence electrons. The van der Waals surface area contributed by atoms with Gasteiger partial charge in [0.1, 0.15) is 0 Å². The van der Waals surface area contributed by atoms with Crippen LogP contribution in [0.1, 0.15) is 34.1 Å². The largest absolute Gasteiger partial charge is 0.368 e. The molecule has 0 fully saturated rings. The first-order chi connectivity index (χ1) is 5.39. The van der Waals surface area contributed by atoms with Crippen molar-refractivity contribution in [3.8, 4) is 0 Å². The Hall–Kier alpha value is -0.570. The Morgan fingerprint density at radius 1 is 1.50 bits per heavy atom. The van der Waals surface area contributed by atoms with Gasteiger partial charge in [-0.25, -0.2) is 0 Å². The van der Waals surface area contributed by atoms with Crippen LogP contribution in [0, 0.1) is 5.41 Å². The minimum atomic E-state index is -0.268. The number of rotatable bonds is 4. The van der Waals surface area contributed by atoms with Gasteiger partial charge >= 0.3 is 0 Å². The maximum Gasteiger partial charge on any atom is 0.235 e. The molecule has 0 aromatic carbocycles. The SMILES string of the molecule is CCCNC(C(N)=O)C(C)(C)C. The fourth-order valence-electron chi connectivity index (χ4n) is 1.12. The number of nitrogens with one attached hydrogen (secondary N) is 1. The fraction of sp³-hybridized carbons (Fsp3) is 0.889. The smallest absolute Gasteiger partial charge is 0.235 e. The molecule has 3 nitrogen and oxygen atoms in total. The van der Waals surface area contributed by atoms with Crippen molar-refractivity contribution in [2.75, 3.05) is 6.54 Å². The number of primary amides is 1. The summed E-state index contributed by atoms with van der Waals surface area (Å²) in [5.41, 5.74) is 5.17. The first kappa shape index (κ1) is 11.4. The molecular weight excluding hydrogens is 152 g/mol. The third-order valence-corrected chi connectivity index (χ3v) is 1.75. The molecular formula is C9H20N2O. The maximum absolute atomic E-state index is 11.0. The van der Waals surface area contributed by atoms with Crippen molar-refractivity contribution >= 4 is 5.91 Å². The zero-order valence-electron chi connectivity index (χ0n) is 8.48. The van der Waals surface area contributed by atoms with Gasteiger partial charge in [0.05, 0.1) is 6.04 Å². The second-order valence-corrected chi connectivity index (χ2v) is 4.16. The molecule has 0 radical (unpaired) electrons. The molecule has 0 heterocycles. The summed E-state index contributed by atoms with van der Waals surface area (Å²) in [5, 5.41) is 3.13. The summed E-state index contributed by atoms with van der Waals surface area (Å²) in [7, 11) is 0. The topological polar surface area (TPSA) is 55.1 Å². The molecule has 1 atom stereocenters. The average molecular weight is 172 g/mol. The molecule has 1 amide bonds. The number of nitrogens with two attached hydrogens (primary N) is 1. The molecule has 0 aliphatic carbocycles. The van der Waals surface area contributed by atoms with E-state index in [4.69, 9.17) is 5.73 Å². The highest BCUT2D eigenvalue weighted by atomic mass is 16.1. The summed E-state index contributed by atoms with van der Waals surface area (Å²) in [4.78, 5) is 11.0. The number of hydrogen-bond acceptors (Lipinski definition) is 2. The normalized spacial score (nSPS) is 14.3. The van der Waals surface area contributed by atoms with Gasteiger partial charge in [-0.05, 0) is 18.4 Å². The van der Waals surface area contributed by atoms with Crippen LogP contribution in [0.15, 0.2) is 0 Å². The van der Waals surface area contributed by atoms with Crippen LogP contribution in [0.25, 0.3) is 0 Å². The Balaban J connectivity index is 4.15. The van der Waals surface area contributed by atoms with Crippen molar-refractivity contribution in [1.29, 1.82) is 0 Å². The summed E-state index contributed by atoms with van der Waals surface area (Å²) in [6.07, 6.45) is 1.01. The minimum Gasteiger partial charge on any atom is -0.368 e. The Morgan fingerprint density at radius 3 is 2.25 bits per heavy atom. The van der Waals surface area contributed by atoms with Gasteiger partial charge in [0.25, 0.3) is 0 Å². The highest BCUT2D eigenvalue weighted by Gasteiger charge is 2.28. The molecule has 1 unspecified atom stereocenters. The molecule has 0 aliphatic rings. The van der Waals surface area contributed by atoms with E-state index >= 15 is 0 Å². The van der Waals surface area contributed by atoms with E-state index in [1.165, 1.54) is 0 Å². The Labute approximate surface area is 74.7 Å². The van der Waals surface area contributed by atoms with Crippen molar-refractivity contribution in [2.24, 2.45) is 11.1 Å². The molecule has 0 aromatic heterocycles. The van der Waals surface area contributed by atoms with Crippen LogP contribution in [-0.2, 0) is 4.79 Å². The second kappa shape index (κ2) is 4.45. The third-order valence-electron chi connectivity index (χ3n) is 1.75. The average Bonchev–Trinajstić information content (AvgIpc) is 1.84. The lowest BCUT2D eigenvalue weighted by Gasteiger charge is -2.28.